The first-order valence-corrected chi connectivity index (χ1v) is 4.91. The Morgan fingerprint density at radius 3 is 2.88 bits per heavy atom. The molecule has 86 valence electrons. The molecule has 0 radical (unpaired) electrons. The van der Waals surface area contributed by atoms with E-state index >= 15 is 0 Å². The number of allylic oxidation sites excluding steroid dienone is 4. The van der Waals surface area contributed by atoms with E-state index in [2.05, 4.69) is 0 Å². The van der Waals surface area contributed by atoms with Crippen molar-refractivity contribution in [3.8, 4) is 6.07 Å². The Morgan fingerprint density at radius 1 is 1.47 bits per heavy atom. The molecule has 0 unspecified atom stereocenters. The standard InChI is InChI=1S/C13H11NO3/c14-10-11(9-13(15)16)5-2-1-3-6-12-7-4-8-17-12/h1-8H,9H2,(H,15,16). The second kappa shape index (κ2) is 6.85. The summed E-state index contributed by atoms with van der Waals surface area (Å²) in [7, 11) is 0. The first-order valence-electron chi connectivity index (χ1n) is 4.91. The van der Waals surface area contributed by atoms with Crippen molar-refractivity contribution in [1.29, 1.82) is 5.26 Å². The number of rotatable bonds is 5. The second-order valence-corrected chi connectivity index (χ2v) is 3.13. The number of aliphatic carboxylic acids is 1. The van der Waals surface area contributed by atoms with Crippen LogP contribution in [-0.4, -0.2) is 11.1 Å². The Hall–Kier alpha value is -2.54. The summed E-state index contributed by atoms with van der Waals surface area (Å²) in [5, 5.41) is 17.1. The summed E-state index contributed by atoms with van der Waals surface area (Å²) in [6.07, 6.45) is 9.59. The average molecular weight is 229 g/mol. The van der Waals surface area contributed by atoms with Crippen LogP contribution in [0.25, 0.3) is 6.08 Å². The molecule has 0 saturated heterocycles. The third-order valence-electron chi connectivity index (χ3n) is 1.81. The maximum Gasteiger partial charge on any atom is 0.308 e. The lowest BCUT2D eigenvalue weighted by molar-refractivity contribution is -0.136. The van der Waals surface area contributed by atoms with Crippen LogP contribution in [0.5, 0.6) is 0 Å². The fraction of sp³-hybridized carbons (Fsp3) is 0.0769. The zero-order chi connectivity index (χ0) is 12.5. The molecular formula is C13H11NO3. The van der Waals surface area contributed by atoms with E-state index in [1.807, 2.05) is 12.1 Å². The summed E-state index contributed by atoms with van der Waals surface area (Å²) in [5.41, 5.74) is 0.208. The van der Waals surface area contributed by atoms with Crippen LogP contribution in [0, 0.1) is 11.3 Å². The van der Waals surface area contributed by atoms with Gasteiger partial charge in [-0.25, -0.2) is 0 Å². The zero-order valence-electron chi connectivity index (χ0n) is 9.04. The van der Waals surface area contributed by atoms with E-state index in [-0.39, 0.29) is 12.0 Å². The molecule has 0 aliphatic carbocycles. The molecule has 17 heavy (non-hydrogen) atoms. The lowest BCUT2D eigenvalue weighted by Gasteiger charge is -1.88. The largest absolute Gasteiger partial charge is 0.481 e. The highest BCUT2D eigenvalue weighted by atomic mass is 16.4. The van der Waals surface area contributed by atoms with Crippen molar-refractivity contribution in [1.82, 2.24) is 0 Å². The van der Waals surface area contributed by atoms with Crippen LogP contribution in [-0.2, 0) is 4.79 Å². The summed E-state index contributed by atoms with van der Waals surface area (Å²) in [6.45, 7) is 0. The molecule has 0 fully saturated rings. The molecule has 0 spiro atoms. The van der Waals surface area contributed by atoms with Gasteiger partial charge in [0.05, 0.1) is 18.8 Å². The number of hydrogen-bond acceptors (Lipinski definition) is 3. The summed E-state index contributed by atoms with van der Waals surface area (Å²) < 4.78 is 5.07. The van der Waals surface area contributed by atoms with E-state index in [9.17, 15) is 4.79 Å². The van der Waals surface area contributed by atoms with Crippen LogP contribution in [0.3, 0.4) is 0 Å². The Balaban J connectivity index is 2.51. The van der Waals surface area contributed by atoms with Crippen LogP contribution < -0.4 is 0 Å². The van der Waals surface area contributed by atoms with Crippen molar-refractivity contribution in [2.24, 2.45) is 0 Å². The van der Waals surface area contributed by atoms with E-state index in [1.165, 1.54) is 6.08 Å². The molecule has 1 aromatic heterocycles. The molecule has 0 atom stereocenters. The fourth-order valence-corrected chi connectivity index (χ4v) is 1.07. The van der Waals surface area contributed by atoms with E-state index in [0.29, 0.717) is 0 Å². The van der Waals surface area contributed by atoms with Crippen molar-refractivity contribution in [3.63, 3.8) is 0 Å². The third kappa shape index (κ3) is 5.19. The van der Waals surface area contributed by atoms with Crippen molar-refractivity contribution >= 4 is 12.0 Å². The first-order chi connectivity index (χ1) is 8.22. The molecule has 1 heterocycles. The van der Waals surface area contributed by atoms with Crippen LogP contribution in [0.4, 0.5) is 0 Å². The van der Waals surface area contributed by atoms with Crippen molar-refractivity contribution in [3.05, 3.63) is 54.0 Å². The summed E-state index contributed by atoms with van der Waals surface area (Å²) in [5.74, 6) is -0.290. The Kier molecular flexibility index (Phi) is 5.05. The third-order valence-corrected chi connectivity index (χ3v) is 1.81. The molecule has 0 saturated carbocycles. The number of carboxylic acid groups (broad SMARTS) is 1. The van der Waals surface area contributed by atoms with Gasteiger partial charge in [-0.2, -0.15) is 5.26 Å². The van der Waals surface area contributed by atoms with E-state index in [0.717, 1.165) is 5.76 Å². The molecule has 1 rings (SSSR count). The fourth-order valence-electron chi connectivity index (χ4n) is 1.07. The number of nitrogens with zero attached hydrogens (tertiary/aromatic N) is 1. The maximum atomic E-state index is 10.4. The van der Waals surface area contributed by atoms with Gasteiger partial charge in [0.1, 0.15) is 5.76 Å². The van der Waals surface area contributed by atoms with Gasteiger partial charge >= 0.3 is 5.97 Å². The summed E-state index contributed by atoms with van der Waals surface area (Å²) in [4.78, 5) is 10.4. The normalized spacial score (nSPS) is 12.1. The van der Waals surface area contributed by atoms with Gasteiger partial charge in [0.15, 0.2) is 0 Å². The Labute approximate surface area is 98.8 Å². The molecule has 4 heteroatoms. The van der Waals surface area contributed by atoms with Crippen LogP contribution in [0.1, 0.15) is 12.2 Å². The molecule has 1 N–H and O–H groups in total. The van der Waals surface area contributed by atoms with Gasteiger partial charge < -0.3 is 9.52 Å². The molecular weight excluding hydrogens is 218 g/mol. The van der Waals surface area contributed by atoms with Gasteiger partial charge in [-0.05, 0) is 24.3 Å². The highest BCUT2D eigenvalue weighted by Gasteiger charge is 2.00. The molecule has 0 bridgehead atoms. The molecule has 0 aromatic carbocycles. The van der Waals surface area contributed by atoms with E-state index in [4.69, 9.17) is 14.8 Å². The zero-order valence-corrected chi connectivity index (χ0v) is 9.04. The first kappa shape index (κ1) is 12.5. The van der Waals surface area contributed by atoms with Crippen LogP contribution in [0.2, 0.25) is 0 Å². The number of carboxylic acids is 1. The quantitative estimate of drug-likeness (QED) is 0.622. The van der Waals surface area contributed by atoms with Gasteiger partial charge in [0.2, 0.25) is 0 Å². The van der Waals surface area contributed by atoms with Crippen LogP contribution >= 0.6 is 0 Å². The van der Waals surface area contributed by atoms with Gasteiger partial charge in [-0.1, -0.05) is 18.2 Å². The van der Waals surface area contributed by atoms with Crippen LogP contribution in [0.15, 0.2) is 52.7 Å². The molecule has 0 aliphatic rings. The predicted octanol–water partition coefficient (Wildman–Crippen LogP) is 2.77. The number of carbonyl (C=O) groups is 1. The number of nitriles is 1. The van der Waals surface area contributed by atoms with Gasteiger partial charge in [-0.3, -0.25) is 4.79 Å². The summed E-state index contributed by atoms with van der Waals surface area (Å²) in [6, 6.07) is 5.42. The molecule has 4 nitrogen and oxygen atoms in total. The van der Waals surface area contributed by atoms with Gasteiger partial charge in [0.25, 0.3) is 0 Å². The minimum absolute atomic E-state index is 0.208. The van der Waals surface area contributed by atoms with E-state index in [1.54, 1.807) is 36.6 Å². The van der Waals surface area contributed by atoms with Crippen molar-refractivity contribution in [2.75, 3.05) is 0 Å². The monoisotopic (exact) mass is 229 g/mol. The molecule has 0 amide bonds. The van der Waals surface area contributed by atoms with E-state index < -0.39 is 5.97 Å². The maximum absolute atomic E-state index is 10.4. The Bertz CT molecular complexity index is 487. The molecule has 1 aromatic rings. The smallest absolute Gasteiger partial charge is 0.308 e. The average Bonchev–Trinajstić information content (AvgIpc) is 2.79. The number of furan rings is 1. The second-order valence-electron chi connectivity index (χ2n) is 3.13. The lowest BCUT2D eigenvalue weighted by Crippen LogP contribution is -1.95. The van der Waals surface area contributed by atoms with Crippen molar-refractivity contribution in [2.45, 2.75) is 6.42 Å². The lowest BCUT2D eigenvalue weighted by atomic mass is 10.2. The van der Waals surface area contributed by atoms with Gasteiger partial charge in [-0.15, -0.1) is 0 Å². The SMILES string of the molecule is N#CC(=CC=CC=Cc1ccco1)CC(=O)O. The molecule has 0 aliphatic heterocycles. The highest BCUT2D eigenvalue weighted by Crippen LogP contribution is 2.03. The minimum Gasteiger partial charge on any atom is -0.481 e. The number of hydrogen-bond donors (Lipinski definition) is 1. The highest BCUT2D eigenvalue weighted by molar-refractivity contribution is 5.71. The Morgan fingerprint density at radius 2 is 2.29 bits per heavy atom. The summed E-state index contributed by atoms with van der Waals surface area (Å²) >= 11 is 0. The minimum atomic E-state index is -1.02. The predicted molar refractivity (Wildman–Crippen MR) is 62.8 cm³/mol. The topological polar surface area (TPSA) is 74.2 Å². The van der Waals surface area contributed by atoms with Crippen molar-refractivity contribution < 1.29 is 14.3 Å². The van der Waals surface area contributed by atoms with Gasteiger partial charge in [0, 0.05) is 5.57 Å².